The van der Waals surface area contributed by atoms with Gasteiger partial charge in [0, 0.05) is 33.0 Å². The zero-order valence-electron chi connectivity index (χ0n) is 21.7. The van der Waals surface area contributed by atoms with Crippen LogP contribution < -0.4 is 0 Å². The van der Waals surface area contributed by atoms with Crippen LogP contribution >= 0.6 is 0 Å². The van der Waals surface area contributed by atoms with Gasteiger partial charge in [-0.3, -0.25) is 38.6 Å². The Hall–Kier alpha value is -3.68. The van der Waals surface area contributed by atoms with Gasteiger partial charge in [0.2, 0.25) is 0 Å². The summed E-state index contributed by atoms with van der Waals surface area (Å²) >= 11 is 0. The summed E-state index contributed by atoms with van der Waals surface area (Å²) in [5, 5.41) is 0.560. The molecule has 6 rings (SSSR count). The summed E-state index contributed by atoms with van der Waals surface area (Å²) in [6, 6.07) is 6.10. The molecule has 0 aromatic heterocycles. The normalized spacial score (nSPS) is 22.2. The fourth-order valence-corrected chi connectivity index (χ4v) is 7.39. The molecule has 4 amide bonds. The SMILES string of the molecule is CC(=O)C1(N2C(=O)c3ccc4c5c(ccc(c35)C2=O)C(=O)N(C2(C(C)=O)CCCCC2)C4=O)CCCCC1. The molecule has 8 heteroatoms. The molecule has 0 radical (unpaired) electrons. The Balaban J connectivity index is 1.53. The highest BCUT2D eigenvalue weighted by Crippen LogP contribution is 2.45. The number of rotatable bonds is 4. The first kappa shape index (κ1) is 24.6. The summed E-state index contributed by atoms with van der Waals surface area (Å²) in [5.41, 5.74) is -1.55. The van der Waals surface area contributed by atoms with Gasteiger partial charge in [0.25, 0.3) is 23.6 Å². The van der Waals surface area contributed by atoms with Crippen molar-refractivity contribution in [3.8, 4) is 0 Å². The summed E-state index contributed by atoms with van der Waals surface area (Å²) in [6.45, 7) is 2.87. The van der Waals surface area contributed by atoms with Crippen LogP contribution in [0.2, 0.25) is 0 Å². The lowest BCUT2D eigenvalue weighted by Gasteiger charge is -2.46. The van der Waals surface area contributed by atoms with Crippen molar-refractivity contribution in [3.05, 3.63) is 46.5 Å². The first-order valence-electron chi connectivity index (χ1n) is 13.6. The molecule has 2 aliphatic heterocycles. The lowest BCUT2D eigenvalue weighted by Crippen LogP contribution is -2.61. The summed E-state index contributed by atoms with van der Waals surface area (Å²) < 4.78 is 0. The van der Waals surface area contributed by atoms with Gasteiger partial charge >= 0.3 is 0 Å². The summed E-state index contributed by atoms with van der Waals surface area (Å²) in [4.78, 5) is 83.7. The Bertz CT molecular complexity index is 1290. The molecule has 2 aliphatic carbocycles. The Morgan fingerprint density at radius 1 is 0.526 bits per heavy atom. The number of carbonyl (C=O) groups is 6. The average Bonchev–Trinajstić information content (AvgIpc) is 2.91. The van der Waals surface area contributed by atoms with Gasteiger partial charge in [0.1, 0.15) is 11.1 Å². The second-order valence-corrected chi connectivity index (χ2v) is 11.3. The number of hydrogen-bond acceptors (Lipinski definition) is 6. The van der Waals surface area contributed by atoms with E-state index in [1.807, 2.05) is 0 Å². The number of benzene rings is 2. The van der Waals surface area contributed by atoms with Crippen molar-refractivity contribution < 1.29 is 28.8 Å². The van der Waals surface area contributed by atoms with Crippen LogP contribution in [0.25, 0.3) is 10.8 Å². The number of carbonyl (C=O) groups excluding carboxylic acids is 6. The van der Waals surface area contributed by atoms with Gasteiger partial charge < -0.3 is 0 Å². The molecular formula is C30H30N2O6. The first-order chi connectivity index (χ1) is 18.2. The second kappa shape index (κ2) is 8.41. The maximum absolute atomic E-state index is 13.9. The van der Waals surface area contributed by atoms with Crippen LogP contribution in [0.5, 0.6) is 0 Å². The van der Waals surface area contributed by atoms with Gasteiger partial charge in [-0.15, -0.1) is 0 Å². The molecule has 4 aliphatic rings. The predicted molar refractivity (Wildman–Crippen MR) is 138 cm³/mol. The van der Waals surface area contributed by atoms with Crippen LogP contribution in [0.15, 0.2) is 24.3 Å². The number of hydrogen-bond donors (Lipinski definition) is 0. The Kier molecular flexibility index (Phi) is 5.46. The molecule has 0 atom stereocenters. The van der Waals surface area contributed by atoms with E-state index in [4.69, 9.17) is 0 Å². The standard InChI is InChI=1S/C30H30N2O6/c1-17(33)29(13-5-3-6-14-29)31-25(35)19-9-11-21-24-22(12-10-20(23(19)24)26(31)36)28(38)32(27(21)37)30(18(2)34)15-7-4-8-16-30/h9-12H,3-8,13-16H2,1-2H3. The monoisotopic (exact) mass is 514 g/mol. The van der Waals surface area contributed by atoms with Crippen molar-refractivity contribution in [1.29, 1.82) is 0 Å². The molecule has 0 unspecified atom stereocenters. The smallest absolute Gasteiger partial charge is 0.262 e. The van der Waals surface area contributed by atoms with Crippen molar-refractivity contribution in [3.63, 3.8) is 0 Å². The maximum Gasteiger partial charge on any atom is 0.262 e. The van der Waals surface area contributed by atoms with Crippen molar-refractivity contribution in [2.24, 2.45) is 0 Å². The van der Waals surface area contributed by atoms with E-state index in [0.717, 1.165) is 48.3 Å². The lowest BCUT2D eigenvalue weighted by atomic mass is 9.74. The molecule has 196 valence electrons. The molecule has 0 bridgehead atoms. The Morgan fingerprint density at radius 3 is 1.03 bits per heavy atom. The highest BCUT2D eigenvalue weighted by Gasteiger charge is 2.53. The summed E-state index contributed by atoms with van der Waals surface area (Å²) in [5.74, 6) is -2.71. The van der Waals surface area contributed by atoms with Crippen LogP contribution in [0.4, 0.5) is 0 Å². The predicted octanol–water partition coefficient (Wildman–Crippen LogP) is 4.62. The van der Waals surface area contributed by atoms with Gasteiger partial charge in [0.15, 0.2) is 11.6 Å². The zero-order chi connectivity index (χ0) is 27.0. The maximum atomic E-state index is 13.9. The summed E-state index contributed by atoms with van der Waals surface area (Å²) in [6.07, 6.45) is 6.55. The van der Waals surface area contributed by atoms with Gasteiger partial charge in [-0.1, -0.05) is 38.5 Å². The molecule has 8 nitrogen and oxygen atoms in total. The average molecular weight is 515 g/mol. The Labute approximate surface area is 220 Å². The van der Waals surface area contributed by atoms with Crippen molar-refractivity contribution in [2.45, 2.75) is 89.1 Å². The van der Waals surface area contributed by atoms with Crippen LogP contribution in [-0.2, 0) is 9.59 Å². The van der Waals surface area contributed by atoms with E-state index in [2.05, 4.69) is 0 Å². The largest absolute Gasteiger partial charge is 0.297 e. The number of ketones is 2. The minimum Gasteiger partial charge on any atom is -0.297 e. The van der Waals surface area contributed by atoms with Crippen LogP contribution in [0.1, 0.15) is 119 Å². The second-order valence-electron chi connectivity index (χ2n) is 11.3. The molecular weight excluding hydrogens is 484 g/mol. The molecule has 2 heterocycles. The Morgan fingerprint density at radius 2 is 0.789 bits per heavy atom. The fraction of sp³-hybridized carbons (Fsp3) is 0.467. The van der Waals surface area contributed by atoms with Crippen LogP contribution in [0, 0.1) is 0 Å². The molecule has 0 N–H and O–H groups in total. The van der Waals surface area contributed by atoms with Gasteiger partial charge in [-0.25, -0.2) is 0 Å². The molecule has 2 fully saturated rings. The number of imide groups is 2. The molecule has 0 saturated heterocycles. The summed E-state index contributed by atoms with van der Waals surface area (Å²) in [7, 11) is 0. The van der Waals surface area contributed by atoms with Crippen molar-refractivity contribution in [1.82, 2.24) is 9.80 Å². The van der Waals surface area contributed by atoms with Gasteiger partial charge in [-0.2, -0.15) is 0 Å². The third-order valence-electron chi connectivity index (χ3n) is 9.42. The minimum absolute atomic E-state index is 0.208. The van der Waals surface area contributed by atoms with Gasteiger partial charge in [0.05, 0.1) is 0 Å². The molecule has 38 heavy (non-hydrogen) atoms. The number of amides is 4. The highest BCUT2D eigenvalue weighted by atomic mass is 16.2. The van der Waals surface area contributed by atoms with Crippen molar-refractivity contribution >= 4 is 46.0 Å². The van der Waals surface area contributed by atoms with E-state index < -0.39 is 34.7 Å². The molecule has 2 saturated carbocycles. The lowest BCUT2D eigenvalue weighted by molar-refractivity contribution is -0.129. The third kappa shape index (κ3) is 3.03. The molecule has 2 aromatic rings. The fourth-order valence-electron chi connectivity index (χ4n) is 7.39. The van der Waals surface area contributed by atoms with E-state index in [-0.39, 0.29) is 44.6 Å². The number of Topliss-reactive ketones (excluding diaryl/α,β-unsaturated/α-hetero) is 2. The third-order valence-corrected chi connectivity index (χ3v) is 9.42. The topological polar surface area (TPSA) is 109 Å². The number of nitrogens with zero attached hydrogens (tertiary/aromatic N) is 2. The van der Waals surface area contributed by atoms with Crippen LogP contribution in [0.3, 0.4) is 0 Å². The quantitative estimate of drug-likeness (QED) is 0.551. The molecule has 2 aromatic carbocycles. The van der Waals surface area contributed by atoms with Crippen molar-refractivity contribution in [2.75, 3.05) is 0 Å². The van der Waals surface area contributed by atoms with E-state index in [1.54, 1.807) is 0 Å². The first-order valence-corrected chi connectivity index (χ1v) is 13.6. The van der Waals surface area contributed by atoms with E-state index in [0.29, 0.717) is 25.7 Å². The minimum atomic E-state index is -1.19. The highest BCUT2D eigenvalue weighted by molar-refractivity contribution is 6.34. The van der Waals surface area contributed by atoms with Crippen LogP contribution in [-0.4, -0.2) is 56.1 Å². The zero-order valence-corrected chi connectivity index (χ0v) is 21.7. The van der Waals surface area contributed by atoms with Gasteiger partial charge in [-0.05, 0) is 63.8 Å². The van der Waals surface area contributed by atoms with E-state index >= 15 is 0 Å². The van der Waals surface area contributed by atoms with E-state index in [9.17, 15) is 28.8 Å². The van der Waals surface area contributed by atoms with E-state index in [1.165, 1.54) is 38.1 Å². The molecule has 0 spiro atoms.